The van der Waals surface area contributed by atoms with Crippen molar-refractivity contribution in [1.82, 2.24) is 5.32 Å². The standard InChI is InChI=1S/C31H58NO10P/c1-3-5-7-9-11-13-14-15-17-19-21-23-30(35)40-24-27(33)25-41-43(38,39)42-26-28(31(36)37)32-29(34)22-20-18-16-12-10-8-6-4-2/h9,11,27-28,33H,3-8,10,12-26H2,1-2H3,(H,32,34)(H,36,37)(H,38,39)/b11-9-. The minimum absolute atomic E-state index is 0.147. The maximum Gasteiger partial charge on any atom is 0.472 e. The van der Waals surface area contributed by atoms with E-state index in [1.54, 1.807) is 0 Å². The fourth-order valence-corrected chi connectivity index (χ4v) is 4.95. The van der Waals surface area contributed by atoms with E-state index in [1.807, 2.05) is 0 Å². The fraction of sp³-hybridized carbons (Fsp3) is 0.839. The van der Waals surface area contributed by atoms with E-state index in [9.17, 15) is 34.1 Å². The molecular formula is C31H58NO10P. The molecule has 0 bridgehead atoms. The van der Waals surface area contributed by atoms with Crippen molar-refractivity contribution >= 4 is 25.7 Å². The summed E-state index contributed by atoms with van der Waals surface area (Å²) in [5.74, 6) is -2.39. The topological polar surface area (TPSA) is 169 Å². The lowest BCUT2D eigenvalue weighted by atomic mass is 10.1. The predicted molar refractivity (Wildman–Crippen MR) is 166 cm³/mol. The smallest absolute Gasteiger partial charge is 0.472 e. The summed E-state index contributed by atoms with van der Waals surface area (Å²) >= 11 is 0. The molecule has 0 aromatic rings. The molecule has 0 radical (unpaired) electrons. The lowest BCUT2D eigenvalue weighted by molar-refractivity contribution is -0.147. The average Bonchev–Trinajstić information content (AvgIpc) is 2.97. The lowest BCUT2D eigenvalue weighted by Crippen LogP contribution is -2.43. The number of amides is 1. The van der Waals surface area contributed by atoms with Gasteiger partial charge in [-0.25, -0.2) is 9.36 Å². The van der Waals surface area contributed by atoms with Crippen LogP contribution >= 0.6 is 7.82 Å². The second-order valence-corrected chi connectivity index (χ2v) is 12.5. The Labute approximate surface area is 258 Å². The van der Waals surface area contributed by atoms with Gasteiger partial charge in [-0.05, 0) is 32.1 Å². The lowest BCUT2D eigenvalue weighted by Gasteiger charge is -2.18. The van der Waals surface area contributed by atoms with Crippen LogP contribution in [0.1, 0.15) is 136 Å². The number of ether oxygens (including phenoxy) is 1. The van der Waals surface area contributed by atoms with Gasteiger partial charge in [0, 0.05) is 12.8 Å². The van der Waals surface area contributed by atoms with Gasteiger partial charge in [-0.3, -0.25) is 18.6 Å². The van der Waals surface area contributed by atoms with E-state index >= 15 is 0 Å². The van der Waals surface area contributed by atoms with Crippen molar-refractivity contribution in [2.45, 2.75) is 148 Å². The first kappa shape index (κ1) is 41.2. The summed E-state index contributed by atoms with van der Waals surface area (Å²) in [6, 6.07) is -1.54. The molecule has 0 aliphatic heterocycles. The van der Waals surface area contributed by atoms with E-state index < -0.39 is 57.6 Å². The molecule has 0 fully saturated rings. The summed E-state index contributed by atoms with van der Waals surface area (Å²) in [6.07, 6.45) is 21.3. The monoisotopic (exact) mass is 635 g/mol. The number of allylic oxidation sites excluding steroid dienone is 2. The van der Waals surface area contributed by atoms with Crippen molar-refractivity contribution in [2.75, 3.05) is 19.8 Å². The zero-order chi connectivity index (χ0) is 32.2. The third-order valence-electron chi connectivity index (χ3n) is 6.80. The highest BCUT2D eigenvalue weighted by atomic mass is 31.2. The van der Waals surface area contributed by atoms with Gasteiger partial charge in [0.15, 0.2) is 6.04 Å². The summed E-state index contributed by atoms with van der Waals surface area (Å²) in [7, 11) is -4.73. The number of aliphatic carboxylic acids is 1. The van der Waals surface area contributed by atoms with Crippen molar-refractivity contribution < 1.29 is 47.8 Å². The number of carbonyl (C=O) groups is 3. The van der Waals surface area contributed by atoms with E-state index in [2.05, 4.69) is 31.3 Å². The molecule has 4 N–H and O–H groups in total. The highest BCUT2D eigenvalue weighted by Crippen LogP contribution is 2.43. The molecule has 12 heteroatoms. The van der Waals surface area contributed by atoms with Crippen molar-refractivity contribution in [3.8, 4) is 0 Å². The molecule has 0 aliphatic carbocycles. The van der Waals surface area contributed by atoms with Gasteiger partial charge in [0.05, 0.1) is 13.2 Å². The van der Waals surface area contributed by atoms with Crippen LogP contribution in [0, 0.1) is 0 Å². The summed E-state index contributed by atoms with van der Waals surface area (Å²) in [5, 5.41) is 21.6. The van der Waals surface area contributed by atoms with E-state index in [0.29, 0.717) is 12.8 Å². The van der Waals surface area contributed by atoms with Crippen LogP contribution in [0.15, 0.2) is 12.2 Å². The summed E-state index contributed by atoms with van der Waals surface area (Å²) in [6.45, 7) is 2.45. The molecule has 3 atom stereocenters. The van der Waals surface area contributed by atoms with Gasteiger partial charge < -0.3 is 25.2 Å². The first-order valence-corrected chi connectivity index (χ1v) is 17.7. The van der Waals surface area contributed by atoms with Crippen LogP contribution in [0.4, 0.5) is 0 Å². The number of aliphatic hydroxyl groups excluding tert-OH is 1. The Kier molecular flexibility index (Phi) is 26.6. The molecule has 0 saturated heterocycles. The maximum atomic E-state index is 12.1. The third kappa shape index (κ3) is 27.5. The second kappa shape index (κ2) is 27.7. The van der Waals surface area contributed by atoms with Crippen LogP contribution in [0.5, 0.6) is 0 Å². The molecule has 0 saturated carbocycles. The zero-order valence-corrected chi connectivity index (χ0v) is 27.4. The predicted octanol–water partition coefficient (Wildman–Crippen LogP) is 6.60. The van der Waals surface area contributed by atoms with Crippen LogP contribution in [0.25, 0.3) is 0 Å². The van der Waals surface area contributed by atoms with Crippen LogP contribution in [0.3, 0.4) is 0 Å². The normalized spacial score (nSPS) is 14.3. The molecule has 0 aromatic heterocycles. The third-order valence-corrected chi connectivity index (χ3v) is 7.76. The highest BCUT2D eigenvalue weighted by molar-refractivity contribution is 7.47. The van der Waals surface area contributed by atoms with Gasteiger partial charge in [0.1, 0.15) is 12.7 Å². The molecule has 1 amide bonds. The summed E-state index contributed by atoms with van der Waals surface area (Å²) in [4.78, 5) is 45.3. The molecule has 0 rings (SSSR count). The molecule has 252 valence electrons. The second-order valence-electron chi connectivity index (χ2n) is 11.0. The van der Waals surface area contributed by atoms with Crippen molar-refractivity contribution in [2.24, 2.45) is 0 Å². The number of rotatable bonds is 30. The minimum atomic E-state index is -4.73. The van der Waals surface area contributed by atoms with E-state index in [-0.39, 0.29) is 12.8 Å². The number of nitrogens with one attached hydrogen (secondary N) is 1. The number of aliphatic hydroxyl groups is 1. The van der Waals surface area contributed by atoms with E-state index in [4.69, 9.17) is 13.8 Å². The quantitative estimate of drug-likeness (QED) is 0.0292. The highest BCUT2D eigenvalue weighted by Gasteiger charge is 2.28. The summed E-state index contributed by atoms with van der Waals surface area (Å²) in [5.41, 5.74) is 0. The SMILES string of the molecule is CCCC/C=C\CCCCCCCC(=O)OCC(O)COP(=O)(O)OCC(NC(=O)CCCCCCCCCC)C(=O)O. The Bertz CT molecular complexity index is 807. The molecule has 43 heavy (non-hydrogen) atoms. The van der Waals surface area contributed by atoms with Gasteiger partial charge in [-0.2, -0.15) is 0 Å². The van der Waals surface area contributed by atoms with Crippen molar-refractivity contribution in [3.63, 3.8) is 0 Å². The number of unbranched alkanes of at least 4 members (excludes halogenated alkanes) is 14. The van der Waals surface area contributed by atoms with E-state index in [0.717, 1.165) is 57.8 Å². The van der Waals surface area contributed by atoms with Gasteiger partial charge in [0.25, 0.3) is 0 Å². The van der Waals surface area contributed by atoms with Crippen molar-refractivity contribution in [1.29, 1.82) is 0 Å². The number of hydrogen-bond donors (Lipinski definition) is 4. The minimum Gasteiger partial charge on any atom is -0.480 e. The van der Waals surface area contributed by atoms with Crippen LogP contribution in [0.2, 0.25) is 0 Å². The number of carboxylic acid groups (broad SMARTS) is 1. The fourth-order valence-electron chi connectivity index (χ4n) is 4.18. The number of carbonyl (C=O) groups excluding carboxylic acids is 2. The van der Waals surface area contributed by atoms with E-state index in [1.165, 1.54) is 38.5 Å². The first-order chi connectivity index (χ1) is 20.6. The number of esters is 1. The maximum absolute atomic E-state index is 12.1. The van der Waals surface area contributed by atoms with Gasteiger partial charge >= 0.3 is 19.8 Å². The zero-order valence-electron chi connectivity index (χ0n) is 26.5. The summed E-state index contributed by atoms with van der Waals surface area (Å²) < 4.78 is 26.5. The van der Waals surface area contributed by atoms with Gasteiger partial charge in [-0.1, -0.05) is 103 Å². The first-order valence-electron chi connectivity index (χ1n) is 16.2. The number of carboxylic acids is 1. The van der Waals surface area contributed by atoms with Crippen LogP contribution in [-0.4, -0.2) is 64.9 Å². The molecular weight excluding hydrogens is 577 g/mol. The van der Waals surface area contributed by atoms with Crippen LogP contribution in [-0.2, 0) is 32.7 Å². The molecule has 3 unspecified atom stereocenters. The Morgan fingerprint density at radius 3 is 1.84 bits per heavy atom. The molecule has 11 nitrogen and oxygen atoms in total. The van der Waals surface area contributed by atoms with Gasteiger partial charge in [-0.15, -0.1) is 0 Å². The van der Waals surface area contributed by atoms with Crippen LogP contribution < -0.4 is 5.32 Å². The largest absolute Gasteiger partial charge is 0.480 e. The Morgan fingerprint density at radius 2 is 1.23 bits per heavy atom. The van der Waals surface area contributed by atoms with Gasteiger partial charge in [0.2, 0.25) is 5.91 Å². The molecule has 0 aliphatic rings. The molecule has 0 spiro atoms. The Morgan fingerprint density at radius 1 is 0.721 bits per heavy atom. The Balaban J connectivity index is 4.04. The average molecular weight is 636 g/mol. The number of hydrogen-bond acceptors (Lipinski definition) is 8. The molecule has 0 aromatic carbocycles. The molecule has 0 heterocycles. The van der Waals surface area contributed by atoms with Crippen molar-refractivity contribution in [3.05, 3.63) is 12.2 Å². The number of phosphoric acid groups is 1. The Hall–Kier alpha value is -1.78. The number of phosphoric ester groups is 1.